The Labute approximate surface area is 164 Å². The molecule has 1 aromatic heterocycles. The van der Waals surface area contributed by atoms with E-state index in [1.807, 2.05) is 48.5 Å². The molecule has 2 aromatic carbocycles. The normalized spacial score (nSPS) is 23.2. The summed E-state index contributed by atoms with van der Waals surface area (Å²) in [7, 11) is 0. The summed E-state index contributed by atoms with van der Waals surface area (Å²) in [6.07, 6.45) is 2.35. The monoisotopic (exact) mass is 370 g/mol. The molecule has 0 radical (unpaired) electrons. The summed E-state index contributed by atoms with van der Waals surface area (Å²) in [6, 6.07) is 15.9. The van der Waals surface area contributed by atoms with E-state index in [0.29, 0.717) is 11.6 Å². The van der Waals surface area contributed by atoms with E-state index in [9.17, 15) is 4.79 Å². The zero-order chi connectivity index (χ0) is 18.9. The standard InChI is InChI=1S/C23H22N4O/c28-23(24-21-15-27-12-10-18(21)11-13-27)22-19-9-8-17(14-20(19)25-26-22)7-6-16-4-2-1-3-5-16/h1-5,8-9,14,18,21H,10-13,15H2,(H,24,28)(H,25,26). The largest absolute Gasteiger partial charge is 0.346 e. The van der Waals surface area contributed by atoms with Crippen LogP contribution in [0.1, 0.15) is 34.5 Å². The Balaban J connectivity index is 1.35. The SMILES string of the molecule is O=C(NC1CN2CCC1CC2)c1n[nH]c2cc(C#Cc3ccccc3)ccc12. The number of nitrogens with zero attached hydrogens (tertiary/aromatic N) is 2. The van der Waals surface area contributed by atoms with Crippen LogP contribution in [0, 0.1) is 17.8 Å². The second-order valence-electron chi connectivity index (χ2n) is 7.67. The Hall–Kier alpha value is -3.10. The third-order valence-electron chi connectivity index (χ3n) is 5.88. The molecule has 1 amide bonds. The molecule has 5 nitrogen and oxygen atoms in total. The molecule has 6 rings (SSSR count). The van der Waals surface area contributed by atoms with Gasteiger partial charge in [-0.3, -0.25) is 9.89 Å². The lowest BCUT2D eigenvalue weighted by Gasteiger charge is -2.44. The number of benzene rings is 2. The Morgan fingerprint density at radius 2 is 1.86 bits per heavy atom. The predicted molar refractivity (Wildman–Crippen MR) is 109 cm³/mol. The first-order valence-electron chi connectivity index (χ1n) is 9.85. The van der Waals surface area contributed by atoms with Gasteiger partial charge >= 0.3 is 0 Å². The molecule has 0 saturated carbocycles. The van der Waals surface area contributed by atoms with Crippen molar-refractivity contribution in [3.05, 3.63) is 65.4 Å². The average Bonchev–Trinajstić information content (AvgIpc) is 3.17. The third kappa shape index (κ3) is 3.28. The molecule has 5 heteroatoms. The van der Waals surface area contributed by atoms with Crippen LogP contribution < -0.4 is 5.32 Å². The van der Waals surface area contributed by atoms with Gasteiger partial charge in [0.1, 0.15) is 0 Å². The van der Waals surface area contributed by atoms with Crippen LogP contribution in [0.15, 0.2) is 48.5 Å². The molecule has 140 valence electrons. The van der Waals surface area contributed by atoms with Gasteiger partial charge in [0.25, 0.3) is 5.91 Å². The van der Waals surface area contributed by atoms with Gasteiger partial charge in [0.15, 0.2) is 5.69 Å². The maximum absolute atomic E-state index is 12.8. The molecule has 0 spiro atoms. The lowest BCUT2D eigenvalue weighted by molar-refractivity contribution is 0.0618. The first-order chi connectivity index (χ1) is 13.8. The maximum atomic E-state index is 12.8. The summed E-state index contributed by atoms with van der Waals surface area (Å²) < 4.78 is 0. The highest BCUT2D eigenvalue weighted by Gasteiger charge is 2.35. The van der Waals surface area contributed by atoms with Gasteiger partial charge in [-0.05, 0) is 62.2 Å². The fraction of sp³-hybridized carbons (Fsp3) is 0.304. The number of piperidine rings is 3. The van der Waals surface area contributed by atoms with Crippen LogP contribution in [0.4, 0.5) is 0 Å². The molecule has 2 bridgehead atoms. The van der Waals surface area contributed by atoms with Crippen molar-refractivity contribution in [1.82, 2.24) is 20.4 Å². The van der Waals surface area contributed by atoms with Crippen molar-refractivity contribution < 1.29 is 4.79 Å². The highest BCUT2D eigenvalue weighted by atomic mass is 16.2. The minimum absolute atomic E-state index is 0.0897. The van der Waals surface area contributed by atoms with Crippen LogP contribution in [0.3, 0.4) is 0 Å². The summed E-state index contributed by atoms with van der Waals surface area (Å²) in [6.45, 7) is 3.28. The first-order valence-corrected chi connectivity index (χ1v) is 9.85. The number of carbonyl (C=O) groups excluding carboxylic acids is 1. The Morgan fingerprint density at radius 3 is 2.61 bits per heavy atom. The van der Waals surface area contributed by atoms with Crippen molar-refractivity contribution in [2.45, 2.75) is 18.9 Å². The van der Waals surface area contributed by atoms with Crippen LogP contribution >= 0.6 is 0 Å². The summed E-state index contributed by atoms with van der Waals surface area (Å²) >= 11 is 0. The van der Waals surface area contributed by atoms with Crippen LogP contribution in [0.25, 0.3) is 10.9 Å². The number of hydrogen-bond acceptors (Lipinski definition) is 3. The number of amides is 1. The highest BCUT2D eigenvalue weighted by Crippen LogP contribution is 2.28. The Morgan fingerprint density at radius 1 is 1.07 bits per heavy atom. The Bertz CT molecular complexity index is 1070. The molecule has 3 saturated heterocycles. The van der Waals surface area contributed by atoms with Gasteiger partial charge < -0.3 is 10.2 Å². The second kappa shape index (κ2) is 7.14. The van der Waals surface area contributed by atoms with E-state index >= 15 is 0 Å². The fourth-order valence-electron chi connectivity index (χ4n) is 4.30. The number of aromatic amines is 1. The molecule has 3 aromatic rings. The maximum Gasteiger partial charge on any atom is 0.272 e. The van der Waals surface area contributed by atoms with Crippen molar-refractivity contribution >= 4 is 16.8 Å². The predicted octanol–water partition coefficient (Wildman–Crippen LogP) is 2.79. The van der Waals surface area contributed by atoms with Crippen molar-refractivity contribution in [2.24, 2.45) is 5.92 Å². The lowest BCUT2D eigenvalue weighted by Crippen LogP contribution is -2.57. The van der Waals surface area contributed by atoms with E-state index in [2.05, 4.69) is 32.3 Å². The van der Waals surface area contributed by atoms with Crippen LogP contribution in [0.5, 0.6) is 0 Å². The van der Waals surface area contributed by atoms with Gasteiger partial charge in [0.2, 0.25) is 0 Å². The third-order valence-corrected chi connectivity index (χ3v) is 5.88. The number of H-pyrrole nitrogens is 1. The van der Waals surface area contributed by atoms with E-state index in [0.717, 1.165) is 41.7 Å². The highest BCUT2D eigenvalue weighted by molar-refractivity contribution is 6.05. The smallest absolute Gasteiger partial charge is 0.272 e. The van der Waals surface area contributed by atoms with E-state index < -0.39 is 0 Å². The molecule has 3 aliphatic rings. The molecule has 3 aliphatic heterocycles. The molecule has 1 atom stereocenters. The lowest BCUT2D eigenvalue weighted by atomic mass is 9.84. The van der Waals surface area contributed by atoms with Gasteiger partial charge in [-0.1, -0.05) is 30.0 Å². The molecule has 2 N–H and O–H groups in total. The van der Waals surface area contributed by atoms with Crippen LogP contribution in [0.2, 0.25) is 0 Å². The summed E-state index contributed by atoms with van der Waals surface area (Å²) in [4.78, 5) is 15.3. The number of carbonyl (C=O) groups is 1. The van der Waals surface area contributed by atoms with Gasteiger partial charge in [0, 0.05) is 29.1 Å². The summed E-state index contributed by atoms with van der Waals surface area (Å²) in [5.74, 6) is 6.83. The van der Waals surface area contributed by atoms with Crippen molar-refractivity contribution in [2.75, 3.05) is 19.6 Å². The van der Waals surface area contributed by atoms with Crippen molar-refractivity contribution in [3.8, 4) is 11.8 Å². The molecular weight excluding hydrogens is 348 g/mol. The van der Waals surface area contributed by atoms with E-state index in [1.54, 1.807) is 0 Å². The minimum Gasteiger partial charge on any atom is -0.346 e. The van der Waals surface area contributed by atoms with Crippen molar-refractivity contribution in [3.63, 3.8) is 0 Å². The van der Waals surface area contributed by atoms with Gasteiger partial charge in [-0.15, -0.1) is 0 Å². The number of nitrogens with one attached hydrogen (secondary N) is 2. The van der Waals surface area contributed by atoms with Gasteiger partial charge in [-0.25, -0.2) is 0 Å². The Kier molecular flexibility index (Phi) is 4.34. The molecule has 4 heterocycles. The van der Waals surface area contributed by atoms with Gasteiger partial charge in [-0.2, -0.15) is 5.10 Å². The quantitative estimate of drug-likeness (QED) is 0.682. The molecular formula is C23H22N4O. The second-order valence-corrected chi connectivity index (χ2v) is 7.67. The van der Waals surface area contributed by atoms with E-state index in [-0.39, 0.29) is 11.9 Å². The molecule has 1 unspecified atom stereocenters. The number of aromatic nitrogens is 2. The molecule has 0 aliphatic carbocycles. The topological polar surface area (TPSA) is 61.0 Å². The zero-order valence-corrected chi connectivity index (χ0v) is 15.6. The van der Waals surface area contributed by atoms with Gasteiger partial charge in [0.05, 0.1) is 5.52 Å². The first kappa shape index (κ1) is 17.0. The van der Waals surface area contributed by atoms with Crippen LogP contribution in [-0.2, 0) is 0 Å². The molecule has 3 fully saturated rings. The fourth-order valence-corrected chi connectivity index (χ4v) is 4.30. The number of fused-ring (bicyclic) bond motifs is 4. The average molecular weight is 370 g/mol. The summed E-state index contributed by atoms with van der Waals surface area (Å²) in [5.41, 5.74) is 3.17. The van der Waals surface area contributed by atoms with Crippen LogP contribution in [-0.4, -0.2) is 46.7 Å². The summed E-state index contributed by atoms with van der Waals surface area (Å²) in [5, 5.41) is 11.3. The van der Waals surface area contributed by atoms with Crippen molar-refractivity contribution in [1.29, 1.82) is 0 Å². The number of hydrogen-bond donors (Lipinski definition) is 2. The van der Waals surface area contributed by atoms with E-state index in [1.165, 1.54) is 12.8 Å². The van der Waals surface area contributed by atoms with E-state index in [4.69, 9.17) is 0 Å². The molecule has 28 heavy (non-hydrogen) atoms. The zero-order valence-electron chi connectivity index (χ0n) is 15.6. The number of rotatable bonds is 2. The minimum atomic E-state index is -0.0897.